The molecule has 2 aromatic carbocycles. The average Bonchev–Trinajstić information content (AvgIpc) is 3.28. The van der Waals surface area contributed by atoms with Crippen molar-refractivity contribution >= 4 is 39.1 Å². The van der Waals surface area contributed by atoms with Gasteiger partial charge in [0.05, 0.1) is 11.9 Å². The summed E-state index contributed by atoms with van der Waals surface area (Å²) in [7, 11) is -3.86. The van der Waals surface area contributed by atoms with Gasteiger partial charge in [-0.25, -0.2) is 12.8 Å². The molecule has 0 heterocycles. The van der Waals surface area contributed by atoms with Crippen LogP contribution < -0.4 is 9.62 Å². The molecule has 184 valence electrons. The summed E-state index contributed by atoms with van der Waals surface area (Å²) >= 11 is 6.10. The predicted molar refractivity (Wildman–Crippen MR) is 130 cm³/mol. The number of carbonyl (C=O) groups excluding carboxylic acids is 2. The number of hydrogen-bond donors (Lipinski definition) is 1. The SMILES string of the molecule is CC(C(=O)NC1CCCC1)N(Cc1cccc(Cl)c1)C(=O)CN(c1ccc(F)cc1)S(C)(=O)=O. The number of carbonyl (C=O) groups is 2. The van der Waals surface area contributed by atoms with E-state index < -0.39 is 34.3 Å². The second-order valence-electron chi connectivity index (χ2n) is 8.56. The molecule has 34 heavy (non-hydrogen) atoms. The molecule has 0 radical (unpaired) electrons. The molecule has 10 heteroatoms. The average molecular weight is 510 g/mol. The van der Waals surface area contributed by atoms with Crippen molar-refractivity contribution in [1.82, 2.24) is 10.2 Å². The van der Waals surface area contributed by atoms with Crippen LogP contribution in [0.2, 0.25) is 5.02 Å². The van der Waals surface area contributed by atoms with Crippen LogP contribution >= 0.6 is 11.6 Å². The third kappa shape index (κ3) is 6.93. The Morgan fingerprint density at radius 3 is 2.38 bits per heavy atom. The van der Waals surface area contributed by atoms with Gasteiger partial charge in [-0.2, -0.15) is 0 Å². The topological polar surface area (TPSA) is 86.8 Å². The van der Waals surface area contributed by atoms with Gasteiger partial charge in [0.1, 0.15) is 18.4 Å². The highest BCUT2D eigenvalue weighted by molar-refractivity contribution is 7.92. The van der Waals surface area contributed by atoms with Gasteiger partial charge in [0.25, 0.3) is 0 Å². The van der Waals surface area contributed by atoms with Crippen molar-refractivity contribution in [3.05, 3.63) is 64.9 Å². The molecule has 0 aliphatic heterocycles. The van der Waals surface area contributed by atoms with Gasteiger partial charge in [-0.3, -0.25) is 13.9 Å². The monoisotopic (exact) mass is 509 g/mol. The fourth-order valence-corrected chi connectivity index (χ4v) is 5.09. The summed E-state index contributed by atoms with van der Waals surface area (Å²) in [5.41, 5.74) is 0.858. The molecule has 1 aliphatic carbocycles. The molecule has 1 aliphatic rings. The van der Waals surface area contributed by atoms with E-state index in [-0.39, 0.29) is 24.2 Å². The molecule has 1 N–H and O–H groups in total. The summed E-state index contributed by atoms with van der Waals surface area (Å²) in [5.74, 6) is -1.39. The van der Waals surface area contributed by atoms with E-state index in [1.165, 1.54) is 17.0 Å². The van der Waals surface area contributed by atoms with Crippen molar-refractivity contribution < 1.29 is 22.4 Å². The molecule has 3 rings (SSSR count). The minimum absolute atomic E-state index is 0.0691. The van der Waals surface area contributed by atoms with Crippen LogP contribution in [0, 0.1) is 5.82 Å². The maximum absolute atomic E-state index is 13.4. The number of nitrogens with zero attached hydrogens (tertiary/aromatic N) is 2. The van der Waals surface area contributed by atoms with Crippen molar-refractivity contribution in [2.24, 2.45) is 0 Å². The van der Waals surface area contributed by atoms with E-state index in [0.29, 0.717) is 10.6 Å². The van der Waals surface area contributed by atoms with Gasteiger partial charge in [0.2, 0.25) is 21.8 Å². The highest BCUT2D eigenvalue weighted by Crippen LogP contribution is 2.21. The highest BCUT2D eigenvalue weighted by atomic mass is 35.5. The molecule has 2 amide bonds. The zero-order valence-electron chi connectivity index (χ0n) is 19.2. The maximum Gasteiger partial charge on any atom is 0.244 e. The molecule has 0 spiro atoms. The van der Waals surface area contributed by atoms with E-state index >= 15 is 0 Å². The van der Waals surface area contributed by atoms with Crippen molar-refractivity contribution in [1.29, 1.82) is 0 Å². The number of sulfonamides is 1. The summed E-state index contributed by atoms with van der Waals surface area (Å²) in [6, 6.07) is 11.0. The smallest absolute Gasteiger partial charge is 0.244 e. The Hall–Kier alpha value is -2.65. The van der Waals surface area contributed by atoms with E-state index in [2.05, 4.69) is 5.32 Å². The zero-order valence-corrected chi connectivity index (χ0v) is 20.8. The Balaban J connectivity index is 1.87. The quantitative estimate of drug-likeness (QED) is 0.558. The van der Waals surface area contributed by atoms with Crippen LogP contribution in [0.15, 0.2) is 48.5 Å². The first-order valence-electron chi connectivity index (χ1n) is 11.1. The van der Waals surface area contributed by atoms with Gasteiger partial charge < -0.3 is 10.2 Å². The summed E-state index contributed by atoms with van der Waals surface area (Å²) in [6.07, 6.45) is 4.86. The van der Waals surface area contributed by atoms with E-state index in [4.69, 9.17) is 11.6 Å². The van der Waals surface area contributed by atoms with Crippen LogP contribution in [-0.4, -0.2) is 50.0 Å². The summed E-state index contributed by atoms with van der Waals surface area (Å²) < 4.78 is 39.2. The van der Waals surface area contributed by atoms with Crippen LogP contribution in [0.3, 0.4) is 0 Å². The molecule has 0 bridgehead atoms. The summed E-state index contributed by atoms with van der Waals surface area (Å²) in [5, 5.41) is 3.48. The molecule has 0 aromatic heterocycles. The summed E-state index contributed by atoms with van der Waals surface area (Å²) in [6.45, 7) is 1.15. The number of anilines is 1. The number of rotatable bonds is 9. The van der Waals surface area contributed by atoms with Crippen molar-refractivity contribution in [2.75, 3.05) is 17.1 Å². The van der Waals surface area contributed by atoms with Crippen LogP contribution in [0.4, 0.5) is 10.1 Å². The van der Waals surface area contributed by atoms with Crippen LogP contribution in [0.1, 0.15) is 38.2 Å². The fraction of sp³-hybridized carbons (Fsp3) is 0.417. The third-order valence-electron chi connectivity index (χ3n) is 5.90. The lowest BCUT2D eigenvalue weighted by molar-refractivity contribution is -0.139. The number of hydrogen-bond acceptors (Lipinski definition) is 4. The van der Waals surface area contributed by atoms with Crippen molar-refractivity contribution in [3.8, 4) is 0 Å². The Kier molecular flexibility index (Phi) is 8.54. The normalized spacial score (nSPS) is 15.1. The number of amides is 2. The van der Waals surface area contributed by atoms with E-state index in [1.807, 2.05) is 0 Å². The van der Waals surface area contributed by atoms with E-state index in [9.17, 15) is 22.4 Å². The molecule has 1 unspecified atom stereocenters. The Morgan fingerprint density at radius 1 is 1.15 bits per heavy atom. The predicted octanol–water partition coefficient (Wildman–Crippen LogP) is 3.72. The molecule has 1 atom stereocenters. The highest BCUT2D eigenvalue weighted by Gasteiger charge is 2.31. The first kappa shape index (κ1) is 26.0. The van der Waals surface area contributed by atoms with Crippen molar-refractivity contribution in [3.63, 3.8) is 0 Å². The summed E-state index contributed by atoms with van der Waals surface area (Å²) in [4.78, 5) is 27.8. The second kappa shape index (κ2) is 11.2. The lowest BCUT2D eigenvalue weighted by Gasteiger charge is -2.32. The number of halogens is 2. The molecule has 0 saturated heterocycles. The lowest BCUT2D eigenvalue weighted by Crippen LogP contribution is -2.52. The maximum atomic E-state index is 13.4. The van der Waals surface area contributed by atoms with Crippen LogP contribution in [0.25, 0.3) is 0 Å². The minimum Gasteiger partial charge on any atom is -0.352 e. The van der Waals surface area contributed by atoms with Crippen molar-refractivity contribution in [2.45, 2.75) is 51.2 Å². The molecule has 1 fully saturated rings. The lowest BCUT2D eigenvalue weighted by atomic mass is 10.1. The minimum atomic E-state index is -3.86. The Bertz CT molecular complexity index is 1120. The van der Waals surface area contributed by atoms with Gasteiger partial charge in [0, 0.05) is 17.6 Å². The Labute approximate surface area is 204 Å². The molecule has 1 saturated carbocycles. The molecule has 2 aromatic rings. The van der Waals surface area contributed by atoms with E-state index in [1.54, 1.807) is 31.2 Å². The number of nitrogens with one attached hydrogen (secondary N) is 1. The van der Waals surface area contributed by atoms with E-state index in [0.717, 1.165) is 48.4 Å². The second-order valence-corrected chi connectivity index (χ2v) is 10.9. The fourth-order valence-electron chi connectivity index (χ4n) is 4.03. The van der Waals surface area contributed by atoms with Crippen LogP contribution in [0.5, 0.6) is 0 Å². The van der Waals surface area contributed by atoms with Gasteiger partial charge >= 0.3 is 0 Å². The zero-order chi connectivity index (χ0) is 24.9. The number of benzene rings is 2. The molecule has 7 nitrogen and oxygen atoms in total. The van der Waals surface area contributed by atoms with Gasteiger partial charge in [-0.1, -0.05) is 36.6 Å². The van der Waals surface area contributed by atoms with Crippen LogP contribution in [-0.2, 0) is 26.2 Å². The van der Waals surface area contributed by atoms with Gasteiger partial charge in [-0.05, 0) is 61.7 Å². The van der Waals surface area contributed by atoms with Gasteiger partial charge in [-0.15, -0.1) is 0 Å². The molecular weight excluding hydrogens is 481 g/mol. The standard InChI is InChI=1S/C24H29ClFN3O4S/c1-17(24(31)27-21-8-3-4-9-21)28(15-18-6-5-7-19(25)14-18)23(30)16-29(34(2,32)33)22-12-10-20(26)11-13-22/h5-7,10-14,17,21H,3-4,8-9,15-16H2,1-2H3,(H,27,31). The van der Waals surface area contributed by atoms with Gasteiger partial charge in [0.15, 0.2) is 0 Å². The largest absolute Gasteiger partial charge is 0.352 e. The third-order valence-corrected chi connectivity index (χ3v) is 7.28. The first-order valence-corrected chi connectivity index (χ1v) is 13.3. The first-order chi connectivity index (χ1) is 16.0. The molecular formula is C24H29ClFN3O4S. The Morgan fingerprint density at radius 2 is 1.79 bits per heavy atom.